The van der Waals surface area contributed by atoms with Crippen molar-refractivity contribution in [2.24, 2.45) is 11.0 Å². The highest BCUT2D eigenvalue weighted by atomic mass is 35.5. The summed E-state index contributed by atoms with van der Waals surface area (Å²) < 4.78 is 11.2. The van der Waals surface area contributed by atoms with E-state index < -0.39 is 11.3 Å². The lowest BCUT2D eigenvalue weighted by molar-refractivity contribution is -0.435. The minimum absolute atomic E-state index is 0.0216. The molecule has 2 aromatic rings. The van der Waals surface area contributed by atoms with Gasteiger partial charge in [0.2, 0.25) is 5.69 Å². The van der Waals surface area contributed by atoms with Crippen LogP contribution in [0.3, 0.4) is 0 Å². The van der Waals surface area contributed by atoms with Gasteiger partial charge >= 0.3 is 5.97 Å². The number of hydrogen-bond acceptors (Lipinski definition) is 5. The lowest BCUT2D eigenvalue weighted by Crippen LogP contribution is -2.26. The molecule has 2 rings (SSSR count). The summed E-state index contributed by atoms with van der Waals surface area (Å²) >= 11 is 6.15. The molecule has 0 saturated heterocycles. The molecule has 41 heavy (non-hydrogen) atoms. The molecule has 0 N–H and O–H groups in total. The summed E-state index contributed by atoms with van der Waals surface area (Å²) in [6.07, 6.45) is 19.5. The summed E-state index contributed by atoms with van der Waals surface area (Å²) in [6, 6.07) is 13.4. The van der Waals surface area contributed by atoms with Crippen LogP contribution >= 0.6 is 11.6 Å². The minimum atomic E-state index is -0.701. The third-order valence-corrected chi connectivity index (χ3v) is 8.06. The van der Waals surface area contributed by atoms with Crippen LogP contribution < -0.4 is 9.47 Å². The molecule has 0 aromatic heterocycles. The van der Waals surface area contributed by atoms with Crippen LogP contribution in [0, 0.1) is 11.1 Å². The van der Waals surface area contributed by atoms with E-state index in [-0.39, 0.29) is 5.92 Å². The number of benzene rings is 2. The van der Waals surface area contributed by atoms with Gasteiger partial charge in [-0.3, -0.25) is 4.79 Å². The van der Waals surface area contributed by atoms with Gasteiger partial charge in [0, 0.05) is 17.2 Å². The number of rotatable bonds is 22. The lowest BCUT2D eigenvalue weighted by atomic mass is 10.0. The van der Waals surface area contributed by atoms with E-state index in [1.807, 2.05) is 13.8 Å². The molecule has 0 bridgehead atoms. The van der Waals surface area contributed by atoms with E-state index in [0.717, 1.165) is 18.6 Å². The molecule has 2 atom stereocenters. The van der Waals surface area contributed by atoms with Crippen molar-refractivity contribution in [1.82, 2.24) is 0 Å². The fourth-order valence-electron chi connectivity index (χ4n) is 4.51. The average Bonchev–Trinajstić information content (AvgIpc) is 2.99. The second-order valence-electron chi connectivity index (χ2n) is 11.0. The van der Waals surface area contributed by atoms with Gasteiger partial charge in [-0.25, -0.2) is 0 Å². The zero-order chi connectivity index (χ0) is 29.7. The van der Waals surface area contributed by atoms with Crippen LogP contribution in [0.25, 0.3) is 0 Å². The van der Waals surface area contributed by atoms with Gasteiger partial charge in [0.15, 0.2) is 0 Å². The number of esters is 1. The second kappa shape index (κ2) is 21.2. The quantitative estimate of drug-likeness (QED) is 0.0261. The van der Waals surface area contributed by atoms with Gasteiger partial charge in [-0.05, 0) is 48.7 Å². The topological polar surface area (TPSA) is 74.0 Å². The van der Waals surface area contributed by atoms with Crippen molar-refractivity contribution in [3.8, 4) is 11.5 Å². The summed E-state index contributed by atoms with van der Waals surface area (Å²) in [4.78, 5) is 12.7. The van der Waals surface area contributed by atoms with Gasteiger partial charge < -0.3 is 14.7 Å². The Morgan fingerprint density at radius 2 is 1.27 bits per heavy atom. The largest absolute Gasteiger partial charge is 0.594 e. The lowest BCUT2D eigenvalue weighted by Gasteiger charge is -2.14. The first-order valence-corrected chi connectivity index (χ1v) is 16.3. The molecule has 0 saturated carbocycles. The number of nitrogens with zero attached hydrogens (tertiary/aromatic N) is 2. The zero-order valence-corrected chi connectivity index (χ0v) is 26.2. The van der Waals surface area contributed by atoms with Gasteiger partial charge in [-0.15, -0.1) is 11.6 Å². The van der Waals surface area contributed by atoms with Crippen LogP contribution in [0.1, 0.15) is 117 Å². The third-order valence-electron chi connectivity index (χ3n) is 7.45. The Kier molecular flexibility index (Phi) is 17.9. The van der Waals surface area contributed by atoms with E-state index in [1.54, 1.807) is 48.5 Å². The van der Waals surface area contributed by atoms with Gasteiger partial charge in [-0.2, -0.15) is 0 Å². The Morgan fingerprint density at radius 3 is 1.78 bits per heavy atom. The maximum atomic E-state index is 12.5. The molecule has 7 heteroatoms. The molecule has 0 unspecified atom stereocenters. The predicted molar refractivity (Wildman–Crippen MR) is 169 cm³/mol. The molecular weight excluding hydrogens is 536 g/mol. The van der Waals surface area contributed by atoms with Crippen molar-refractivity contribution < 1.29 is 19.1 Å². The zero-order valence-electron chi connectivity index (χ0n) is 25.5. The SMILES string of the molecule is CCCCCCCCCCCCCCCCOc1ccc([N+]([O-])=Nc2ccc(OC(=O)[C@@H](Cl)[C@@H](C)CC)cc2)cc1. The average molecular weight is 587 g/mol. The van der Waals surface area contributed by atoms with Crippen LogP contribution in [0.5, 0.6) is 11.5 Å². The van der Waals surface area contributed by atoms with Crippen LogP contribution in [-0.2, 0) is 4.79 Å². The van der Waals surface area contributed by atoms with Crippen molar-refractivity contribution >= 4 is 28.9 Å². The molecule has 2 aromatic carbocycles. The Hall–Kier alpha value is -2.60. The number of hydrogen-bond donors (Lipinski definition) is 0. The number of azo groups is 1. The molecule has 228 valence electrons. The van der Waals surface area contributed by atoms with Crippen molar-refractivity contribution in [1.29, 1.82) is 0 Å². The van der Waals surface area contributed by atoms with Gasteiger partial charge in [-0.1, -0.05) is 116 Å². The highest BCUT2D eigenvalue weighted by Crippen LogP contribution is 2.24. The van der Waals surface area contributed by atoms with E-state index in [0.29, 0.717) is 28.6 Å². The van der Waals surface area contributed by atoms with E-state index >= 15 is 0 Å². The monoisotopic (exact) mass is 586 g/mol. The first-order valence-electron chi connectivity index (χ1n) is 15.8. The molecule has 0 heterocycles. The number of ether oxygens (including phenoxy) is 2. The summed E-state index contributed by atoms with van der Waals surface area (Å²) in [7, 11) is 0. The van der Waals surface area contributed by atoms with Crippen molar-refractivity contribution in [2.75, 3.05) is 6.61 Å². The highest BCUT2D eigenvalue weighted by molar-refractivity contribution is 6.30. The van der Waals surface area contributed by atoms with Crippen LogP contribution in [0.2, 0.25) is 0 Å². The minimum Gasteiger partial charge on any atom is -0.594 e. The van der Waals surface area contributed by atoms with Gasteiger partial charge in [0.25, 0.3) is 0 Å². The summed E-state index contributed by atoms with van der Waals surface area (Å²) in [5.41, 5.74) is 0.852. The molecule has 0 aliphatic rings. The van der Waals surface area contributed by atoms with Crippen LogP contribution in [0.15, 0.2) is 53.6 Å². The standard InChI is InChI=1S/C34H51ClN2O4/c1-4-6-7-8-9-10-11-12-13-14-15-16-17-18-27-40-31-25-21-30(22-26-31)37(39)36-29-19-23-32(24-20-29)41-34(38)33(35)28(3)5-2/h19-26,28,33H,4-18,27H2,1-3H3/t28-,33-/m0/s1. The van der Waals surface area contributed by atoms with Crippen molar-refractivity contribution in [3.63, 3.8) is 0 Å². The van der Waals surface area contributed by atoms with E-state index in [2.05, 4.69) is 12.0 Å². The van der Waals surface area contributed by atoms with Gasteiger partial charge in [0.05, 0.1) is 6.61 Å². The normalized spacial score (nSPS) is 13.1. The summed E-state index contributed by atoms with van der Waals surface area (Å²) in [5, 5.41) is 15.9. The fraction of sp³-hybridized carbons (Fsp3) is 0.618. The van der Waals surface area contributed by atoms with E-state index in [1.165, 1.54) is 83.5 Å². The predicted octanol–water partition coefficient (Wildman–Crippen LogP) is 11.0. The molecule has 0 spiro atoms. The Balaban J connectivity index is 1.60. The molecular formula is C34H51ClN2O4. The highest BCUT2D eigenvalue weighted by Gasteiger charge is 2.23. The second-order valence-corrected chi connectivity index (χ2v) is 11.5. The molecule has 0 fully saturated rings. The number of unbranched alkanes of at least 4 members (excludes halogenated alkanes) is 13. The molecule has 0 amide bonds. The molecule has 0 aliphatic carbocycles. The Labute approximate surface area is 253 Å². The molecule has 6 nitrogen and oxygen atoms in total. The van der Waals surface area contributed by atoms with Crippen molar-refractivity contribution in [3.05, 3.63) is 53.7 Å². The van der Waals surface area contributed by atoms with Crippen LogP contribution in [0.4, 0.5) is 11.4 Å². The summed E-state index contributed by atoms with van der Waals surface area (Å²) in [6.45, 7) is 6.83. The molecule has 0 aliphatic heterocycles. The van der Waals surface area contributed by atoms with Crippen molar-refractivity contribution in [2.45, 2.75) is 122 Å². The Bertz CT molecular complexity index is 995. The smallest absolute Gasteiger partial charge is 0.329 e. The number of alkyl halides is 1. The maximum Gasteiger partial charge on any atom is 0.329 e. The van der Waals surface area contributed by atoms with E-state index in [9.17, 15) is 10.0 Å². The number of halogens is 1. The first kappa shape index (κ1) is 34.6. The molecule has 0 radical (unpaired) electrons. The maximum absolute atomic E-state index is 12.5. The van der Waals surface area contributed by atoms with Crippen LogP contribution in [-0.4, -0.2) is 22.8 Å². The Morgan fingerprint density at radius 1 is 0.780 bits per heavy atom. The van der Waals surface area contributed by atoms with E-state index in [4.69, 9.17) is 21.1 Å². The van der Waals surface area contributed by atoms with Gasteiger partial charge in [0.1, 0.15) is 22.6 Å². The fourth-order valence-corrected chi connectivity index (χ4v) is 4.73. The number of carbonyl (C=O) groups is 1. The third kappa shape index (κ3) is 14.7. The summed E-state index contributed by atoms with van der Waals surface area (Å²) in [5.74, 6) is 0.648. The number of carbonyl (C=O) groups excluding carboxylic acids is 1. The first-order chi connectivity index (χ1) is 19.9.